The Morgan fingerprint density at radius 3 is 2.41 bits per heavy atom. The lowest BCUT2D eigenvalue weighted by Gasteiger charge is -2.59. The number of hydrogen-bond donors (Lipinski definition) is 1. The number of hydrogen-bond acceptors (Lipinski definition) is 2. The highest BCUT2D eigenvalue weighted by atomic mass is 16.2. The zero-order chi connectivity index (χ0) is 18.6. The van der Waals surface area contributed by atoms with Gasteiger partial charge >= 0.3 is 0 Å². The third-order valence-corrected chi connectivity index (χ3v) is 7.58. The van der Waals surface area contributed by atoms with Crippen LogP contribution in [0, 0.1) is 23.2 Å². The molecule has 4 saturated carbocycles. The van der Waals surface area contributed by atoms with Crippen LogP contribution in [0.25, 0.3) is 10.8 Å². The number of nitrogens with zero attached hydrogens (tertiary/aromatic N) is 1. The number of aromatic nitrogens is 1. The number of carbonyl (C=O) groups excluding carboxylic acids is 1. The van der Waals surface area contributed by atoms with E-state index in [0.29, 0.717) is 10.8 Å². The summed E-state index contributed by atoms with van der Waals surface area (Å²) in [5.74, 6) is 2.58. The maximum atomic E-state index is 12.7. The van der Waals surface area contributed by atoms with E-state index in [1.807, 2.05) is 30.3 Å². The molecule has 1 N–H and O–H groups in total. The third-order valence-electron chi connectivity index (χ3n) is 7.58. The summed E-state index contributed by atoms with van der Waals surface area (Å²) in [5.41, 5.74) is 0.198. The predicted molar refractivity (Wildman–Crippen MR) is 106 cm³/mol. The molecule has 4 aliphatic carbocycles. The molecule has 2 aromatic rings. The molecule has 1 atom stereocenters. The molecule has 0 unspecified atom stereocenters. The van der Waals surface area contributed by atoms with Crippen molar-refractivity contribution in [2.45, 2.75) is 58.0 Å². The molecule has 0 saturated heterocycles. The summed E-state index contributed by atoms with van der Waals surface area (Å²) in [7, 11) is 0. The van der Waals surface area contributed by atoms with Crippen molar-refractivity contribution in [3.05, 3.63) is 46.9 Å². The van der Waals surface area contributed by atoms with Crippen molar-refractivity contribution in [1.29, 1.82) is 0 Å². The molecule has 1 aromatic heterocycles. The third kappa shape index (κ3) is 2.90. The maximum absolute atomic E-state index is 12.7. The van der Waals surface area contributed by atoms with E-state index < -0.39 is 0 Å². The lowest BCUT2D eigenvalue weighted by Crippen LogP contribution is -2.56. The summed E-state index contributed by atoms with van der Waals surface area (Å²) in [5, 5.41) is 4.85. The fraction of sp³-hybridized carbons (Fsp3) is 0.565. The fourth-order valence-corrected chi connectivity index (χ4v) is 6.66. The number of carbonyl (C=O) groups is 1. The Labute approximate surface area is 160 Å². The minimum atomic E-state index is -0.0919. The molecular weight excluding hydrogens is 336 g/mol. The van der Waals surface area contributed by atoms with Gasteiger partial charge in [0.2, 0.25) is 5.91 Å². The second-order valence-corrected chi connectivity index (χ2v) is 9.41. The van der Waals surface area contributed by atoms with Gasteiger partial charge in [-0.3, -0.25) is 9.59 Å². The molecule has 142 valence electrons. The lowest BCUT2D eigenvalue weighted by atomic mass is 9.48. The van der Waals surface area contributed by atoms with Crippen LogP contribution in [0.2, 0.25) is 0 Å². The van der Waals surface area contributed by atoms with E-state index in [-0.39, 0.29) is 24.1 Å². The van der Waals surface area contributed by atoms with E-state index in [1.165, 1.54) is 43.1 Å². The molecule has 1 amide bonds. The molecule has 1 aromatic carbocycles. The van der Waals surface area contributed by atoms with E-state index in [4.69, 9.17) is 0 Å². The number of fused-ring (bicyclic) bond motifs is 1. The Kier molecular flexibility index (Phi) is 3.92. The molecule has 6 rings (SSSR count). The van der Waals surface area contributed by atoms with Crippen LogP contribution in [0.4, 0.5) is 0 Å². The molecule has 4 fully saturated rings. The van der Waals surface area contributed by atoms with Crippen LogP contribution >= 0.6 is 0 Å². The van der Waals surface area contributed by atoms with Crippen molar-refractivity contribution in [3.8, 4) is 0 Å². The highest BCUT2D eigenvalue weighted by molar-refractivity contribution is 5.82. The SMILES string of the molecule is C[C@H](NC(=O)Cn1ccc2ccccc2c1=O)C12CC3CC(CC(C3)C1)C2. The van der Waals surface area contributed by atoms with Gasteiger partial charge in [-0.15, -0.1) is 0 Å². The quantitative estimate of drug-likeness (QED) is 0.899. The molecule has 0 aliphatic heterocycles. The van der Waals surface area contributed by atoms with Crippen molar-refractivity contribution in [3.63, 3.8) is 0 Å². The van der Waals surface area contributed by atoms with Gasteiger partial charge in [-0.05, 0) is 86.1 Å². The zero-order valence-corrected chi connectivity index (χ0v) is 16.0. The second kappa shape index (κ2) is 6.22. The molecular formula is C23H28N2O2. The number of benzene rings is 1. The summed E-state index contributed by atoms with van der Waals surface area (Å²) in [6.45, 7) is 2.29. The Balaban J connectivity index is 1.31. The topological polar surface area (TPSA) is 51.1 Å². The minimum absolute atomic E-state index is 0.0457. The minimum Gasteiger partial charge on any atom is -0.352 e. The van der Waals surface area contributed by atoms with Crippen LogP contribution in [0.3, 0.4) is 0 Å². The summed E-state index contributed by atoms with van der Waals surface area (Å²) in [4.78, 5) is 25.4. The maximum Gasteiger partial charge on any atom is 0.258 e. The average Bonchev–Trinajstić information content (AvgIpc) is 2.63. The van der Waals surface area contributed by atoms with Gasteiger partial charge in [-0.2, -0.15) is 0 Å². The van der Waals surface area contributed by atoms with E-state index in [0.717, 1.165) is 23.1 Å². The van der Waals surface area contributed by atoms with Gasteiger partial charge in [0, 0.05) is 17.6 Å². The molecule has 4 heteroatoms. The first-order valence-corrected chi connectivity index (χ1v) is 10.4. The Morgan fingerprint density at radius 2 is 1.74 bits per heavy atom. The van der Waals surface area contributed by atoms with E-state index in [9.17, 15) is 9.59 Å². The Hall–Kier alpha value is -2.10. The molecule has 4 aliphatic rings. The highest BCUT2D eigenvalue weighted by Crippen LogP contribution is 2.61. The molecule has 4 bridgehead atoms. The van der Waals surface area contributed by atoms with Gasteiger partial charge < -0.3 is 9.88 Å². The predicted octanol–water partition coefficient (Wildman–Crippen LogP) is 3.72. The van der Waals surface area contributed by atoms with Crippen molar-refractivity contribution in [2.75, 3.05) is 0 Å². The number of nitrogens with one attached hydrogen (secondary N) is 1. The summed E-state index contributed by atoms with van der Waals surface area (Å²) in [6, 6.07) is 9.64. The van der Waals surface area contributed by atoms with E-state index in [1.54, 1.807) is 6.20 Å². The number of amides is 1. The monoisotopic (exact) mass is 364 g/mol. The first-order chi connectivity index (χ1) is 13.0. The molecule has 0 spiro atoms. The summed E-state index contributed by atoms with van der Waals surface area (Å²) < 4.78 is 1.53. The van der Waals surface area contributed by atoms with Crippen molar-refractivity contribution in [1.82, 2.24) is 9.88 Å². The Bertz CT molecular complexity index is 910. The standard InChI is InChI=1S/C23H28N2O2/c1-15(23-11-16-8-17(12-23)10-18(9-16)13-23)24-21(26)14-25-7-6-19-4-2-3-5-20(19)22(25)27/h2-7,15-18H,8-14H2,1H3,(H,24,26)/t15-,16?,17?,18?,23?/m0/s1. The molecule has 0 radical (unpaired) electrons. The molecule has 1 heterocycles. The van der Waals surface area contributed by atoms with Crippen LogP contribution in [0.1, 0.15) is 45.4 Å². The molecule has 27 heavy (non-hydrogen) atoms. The largest absolute Gasteiger partial charge is 0.352 e. The van der Waals surface area contributed by atoms with Crippen LogP contribution in [0.15, 0.2) is 41.3 Å². The van der Waals surface area contributed by atoms with Gasteiger partial charge in [0.15, 0.2) is 0 Å². The van der Waals surface area contributed by atoms with Crippen LogP contribution < -0.4 is 10.9 Å². The van der Waals surface area contributed by atoms with Gasteiger partial charge in [-0.25, -0.2) is 0 Å². The first-order valence-electron chi connectivity index (χ1n) is 10.4. The van der Waals surface area contributed by atoms with Crippen molar-refractivity contribution >= 4 is 16.7 Å². The van der Waals surface area contributed by atoms with Crippen molar-refractivity contribution < 1.29 is 4.79 Å². The smallest absolute Gasteiger partial charge is 0.258 e. The summed E-state index contributed by atoms with van der Waals surface area (Å²) >= 11 is 0. The van der Waals surface area contributed by atoms with Gasteiger partial charge in [0.1, 0.15) is 6.54 Å². The van der Waals surface area contributed by atoms with Crippen LogP contribution in [-0.2, 0) is 11.3 Å². The number of pyridine rings is 1. The highest BCUT2D eigenvalue weighted by Gasteiger charge is 2.53. The first kappa shape index (κ1) is 17.0. The van der Waals surface area contributed by atoms with Gasteiger partial charge in [-0.1, -0.05) is 18.2 Å². The van der Waals surface area contributed by atoms with Crippen LogP contribution in [0.5, 0.6) is 0 Å². The Morgan fingerprint density at radius 1 is 1.11 bits per heavy atom. The molecule has 4 nitrogen and oxygen atoms in total. The summed E-state index contributed by atoms with van der Waals surface area (Å²) in [6.07, 6.45) is 9.79. The van der Waals surface area contributed by atoms with E-state index >= 15 is 0 Å². The average molecular weight is 364 g/mol. The zero-order valence-electron chi connectivity index (χ0n) is 16.0. The fourth-order valence-electron chi connectivity index (χ4n) is 6.66. The van der Waals surface area contributed by atoms with Gasteiger partial charge in [0.05, 0.1) is 0 Å². The normalized spacial score (nSPS) is 32.6. The van der Waals surface area contributed by atoms with Gasteiger partial charge in [0.25, 0.3) is 5.56 Å². The number of rotatable bonds is 4. The van der Waals surface area contributed by atoms with E-state index in [2.05, 4.69) is 12.2 Å². The second-order valence-electron chi connectivity index (χ2n) is 9.41. The van der Waals surface area contributed by atoms with Crippen LogP contribution in [-0.4, -0.2) is 16.5 Å². The van der Waals surface area contributed by atoms with Crippen molar-refractivity contribution in [2.24, 2.45) is 23.2 Å². The lowest BCUT2D eigenvalue weighted by molar-refractivity contribution is -0.126.